The van der Waals surface area contributed by atoms with Gasteiger partial charge in [-0.05, 0) is 12.1 Å². The van der Waals surface area contributed by atoms with Gasteiger partial charge in [-0.2, -0.15) is 5.53 Å². The number of anilines is 2. The van der Waals surface area contributed by atoms with Crippen molar-refractivity contribution in [2.45, 2.75) is 0 Å². The smallest absolute Gasteiger partial charge is 0.258 e. The van der Waals surface area contributed by atoms with Crippen molar-refractivity contribution < 1.29 is 14.6 Å². The maximum Gasteiger partial charge on any atom is 0.378 e. The van der Waals surface area contributed by atoms with E-state index in [1.165, 1.54) is 48.5 Å². The third-order valence-corrected chi connectivity index (χ3v) is 2.95. The lowest BCUT2D eigenvalue weighted by atomic mass is 10.2. The zero-order valence-electron chi connectivity index (χ0n) is 11.9. The Hall–Kier alpha value is -3.89. The summed E-state index contributed by atoms with van der Waals surface area (Å²) in [5, 5.41) is 25.9. The van der Waals surface area contributed by atoms with Gasteiger partial charge in [-0.1, -0.05) is 29.4 Å². The van der Waals surface area contributed by atoms with Crippen molar-refractivity contribution in [3.8, 4) is 0 Å². The van der Waals surface area contributed by atoms with Gasteiger partial charge in [-0.3, -0.25) is 20.2 Å². The second-order valence-corrected chi connectivity index (χ2v) is 4.36. The van der Waals surface area contributed by atoms with E-state index in [0.717, 1.165) is 5.01 Å². The summed E-state index contributed by atoms with van der Waals surface area (Å²) in [6.07, 6.45) is 0. The highest BCUT2D eigenvalue weighted by molar-refractivity contribution is 5.84. The molecule has 0 atom stereocenters. The molecule has 0 saturated heterocycles. The molecule has 0 aliphatic rings. The summed E-state index contributed by atoms with van der Waals surface area (Å²) in [6.45, 7) is 0. The van der Waals surface area contributed by atoms with Crippen LogP contribution in [-0.4, -0.2) is 15.9 Å². The van der Waals surface area contributed by atoms with E-state index in [4.69, 9.17) is 5.53 Å². The third-order valence-electron chi connectivity index (χ3n) is 2.95. The van der Waals surface area contributed by atoms with Crippen molar-refractivity contribution in [2.75, 3.05) is 5.01 Å². The van der Waals surface area contributed by atoms with Gasteiger partial charge >= 0.3 is 6.03 Å². The number of nitro benzene ring substituents is 2. The standard InChI is InChI=1S/C13H10N6O5/c14-15-13(20)16-17(9-5-1-3-7-11(9)18(21)22)10-6-2-4-8-12(10)19(23)24/h1-8,14H,(H,16,20). The number of nitro groups is 2. The number of nitrogens with zero attached hydrogens (tertiary/aromatic N) is 4. The van der Waals surface area contributed by atoms with Crippen LogP contribution in [0.25, 0.3) is 0 Å². The SMILES string of the molecule is N=NC(=O)NN(c1ccccc1[N+](=O)[O-])c1ccccc1[N+](=O)[O-]. The summed E-state index contributed by atoms with van der Waals surface area (Å²) in [7, 11) is 0. The van der Waals surface area contributed by atoms with Gasteiger partial charge < -0.3 is 0 Å². The molecule has 0 heterocycles. The van der Waals surface area contributed by atoms with Crippen molar-refractivity contribution in [3.05, 3.63) is 68.8 Å². The molecule has 0 saturated carbocycles. The van der Waals surface area contributed by atoms with E-state index in [-0.39, 0.29) is 22.7 Å². The number of hydrazine groups is 1. The fourth-order valence-corrected chi connectivity index (χ4v) is 1.99. The van der Waals surface area contributed by atoms with Gasteiger partial charge in [-0.25, -0.2) is 15.2 Å². The Morgan fingerprint density at radius 2 is 1.38 bits per heavy atom. The van der Waals surface area contributed by atoms with Gasteiger partial charge in [0.2, 0.25) is 0 Å². The number of urea groups is 1. The van der Waals surface area contributed by atoms with Crippen molar-refractivity contribution in [1.29, 1.82) is 5.53 Å². The highest BCUT2D eigenvalue weighted by atomic mass is 16.6. The number of amides is 2. The number of nitrogens with one attached hydrogen (secondary N) is 2. The van der Waals surface area contributed by atoms with Crippen LogP contribution in [0.15, 0.2) is 53.6 Å². The topological polar surface area (TPSA) is 155 Å². The van der Waals surface area contributed by atoms with Gasteiger partial charge in [0.15, 0.2) is 0 Å². The van der Waals surface area contributed by atoms with Crippen LogP contribution in [-0.2, 0) is 0 Å². The van der Waals surface area contributed by atoms with Gasteiger partial charge in [-0.15, -0.1) is 0 Å². The number of rotatable bonds is 5. The van der Waals surface area contributed by atoms with Crippen LogP contribution in [0.3, 0.4) is 0 Å². The fourth-order valence-electron chi connectivity index (χ4n) is 1.99. The summed E-state index contributed by atoms with van der Waals surface area (Å²) in [5.41, 5.74) is 7.83. The molecule has 2 amide bonds. The summed E-state index contributed by atoms with van der Waals surface area (Å²) >= 11 is 0. The van der Waals surface area contributed by atoms with Gasteiger partial charge in [0.05, 0.1) is 9.85 Å². The van der Waals surface area contributed by atoms with Crippen molar-refractivity contribution in [2.24, 2.45) is 5.11 Å². The van der Waals surface area contributed by atoms with Gasteiger partial charge in [0.1, 0.15) is 11.4 Å². The molecule has 2 rings (SSSR count). The molecule has 122 valence electrons. The maximum absolute atomic E-state index is 11.5. The maximum atomic E-state index is 11.5. The number of hydrogen-bond donors (Lipinski definition) is 2. The normalized spacial score (nSPS) is 9.83. The molecule has 11 heteroatoms. The van der Waals surface area contributed by atoms with E-state index in [9.17, 15) is 25.0 Å². The Balaban J connectivity index is 2.68. The molecule has 2 aromatic carbocycles. The number of para-hydroxylation sites is 4. The van der Waals surface area contributed by atoms with Crippen LogP contribution in [0, 0.1) is 25.8 Å². The monoisotopic (exact) mass is 330 g/mol. The van der Waals surface area contributed by atoms with E-state index < -0.39 is 15.9 Å². The van der Waals surface area contributed by atoms with Crippen molar-refractivity contribution in [3.63, 3.8) is 0 Å². The minimum absolute atomic E-state index is 0.117. The first-order valence-corrected chi connectivity index (χ1v) is 6.40. The highest BCUT2D eigenvalue weighted by Crippen LogP contribution is 2.36. The average molecular weight is 330 g/mol. The molecular weight excluding hydrogens is 320 g/mol. The van der Waals surface area contributed by atoms with E-state index in [1.807, 2.05) is 0 Å². The third kappa shape index (κ3) is 3.30. The lowest BCUT2D eigenvalue weighted by molar-refractivity contribution is -0.384. The van der Waals surface area contributed by atoms with Crippen molar-refractivity contribution >= 4 is 28.8 Å². The zero-order valence-corrected chi connectivity index (χ0v) is 11.9. The molecule has 2 aromatic rings. The molecule has 0 fully saturated rings. The molecule has 0 spiro atoms. The minimum Gasteiger partial charge on any atom is -0.258 e. The Morgan fingerprint density at radius 3 is 1.75 bits per heavy atom. The molecule has 0 bridgehead atoms. The minimum atomic E-state index is -1.15. The average Bonchev–Trinajstić information content (AvgIpc) is 2.59. The molecule has 2 N–H and O–H groups in total. The summed E-state index contributed by atoms with van der Waals surface area (Å²) < 4.78 is 0. The molecule has 24 heavy (non-hydrogen) atoms. The summed E-state index contributed by atoms with van der Waals surface area (Å²) in [4.78, 5) is 32.5. The van der Waals surface area contributed by atoms with Gasteiger partial charge in [0.25, 0.3) is 11.4 Å². The van der Waals surface area contributed by atoms with E-state index >= 15 is 0 Å². The number of benzene rings is 2. The Morgan fingerprint density at radius 1 is 0.958 bits per heavy atom. The quantitative estimate of drug-likeness (QED) is 0.486. The number of hydrogen-bond acceptors (Lipinski definition) is 7. The molecule has 0 aromatic heterocycles. The molecule has 0 aliphatic heterocycles. The summed E-state index contributed by atoms with van der Waals surface area (Å²) in [5.74, 6) is 0. The number of carbonyl (C=O) groups is 1. The first-order chi connectivity index (χ1) is 11.5. The van der Waals surface area contributed by atoms with Crippen LogP contribution in [0.2, 0.25) is 0 Å². The Kier molecular flexibility index (Phi) is 4.75. The first-order valence-electron chi connectivity index (χ1n) is 6.40. The molecule has 0 aliphatic carbocycles. The van der Waals surface area contributed by atoms with Crippen LogP contribution in [0.1, 0.15) is 0 Å². The van der Waals surface area contributed by atoms with Crippen LogP contribution in [0.4, 0.5) is 27.5 Å². The fraction of sp³-hybridized carbons (Fsp3) is 0. The predicted molar refractivity (Wildman–Crippen MR) is 82.0 cm³/mol. The zero-order chi connectivity index (χ0) is 17.7. The largest absolute Gasteiger partial charge is 0.378 e. The molecule has 11 nitrogen and oxygen atoms in total. The first kappa shape index (κ1) is 16.5. The Labute approximate surface area is 134 Å². The van der Waals surface area contributed by atoms with Crippen molar-refractivity contribution in [1.82, 2.24) is 5.43 Å². The lowest BCUT2D eigenvalue weighted by Gasteiger charge is -2.23. The molecule has 0 unspecified atom stereocenters. The highest BCUT2D eigenvalue weighted by Gasteiger charge is 2.27. The van der Waals surface area contributed by atoms with Crippen LogP contribution < -0.4 is 10.4 Å². The van der Waals surface area contributed by atoms with Crippen LogP contribution in [0.5, 0.6) is 0 Å². The molecular formula is C13H10N6O5. The predicted octanol–water partition coefficient (Wildman–Crippen LogP) is 3.30. The Bertz CT molecular complexity index is 767. The lowest BCUT2D eigenvalue weighted by Crippen LogP contribution is -2.37. The number of carbonyl (C=O) groups excluding carboxylic acids is 1. The van der Waals surface area contributed by atoms with E-state index in [1.54, 1.807) is 0 Å². The summed E-state index contributed by atoms with van der Waals surface area (Å²) in [6, 6.07) is 9.58. The second-order valence-electron chi connectivity index (χ2n) is 4.36. The molecule has 0 radical (unpaired) electrons. The van der Waals surface area contributed by atoms with Gasteiger partial charge in [0, 0.05) is 12.1 Å². The van der Waals surface area contributed by atoms with Crippen LogP contribution >= 0.6 is 0 Å². The van der Waals surface area contributed by atoms with E-state index in [2.05, 4.69) is 10.5 Å². The van der Waals surface area contributed by atoms with E-state index in [0.29, 0.717) is 0 Å². The second kappa shape index (κ2) is 6.91.